The third-order valence-corrected chi connectivity index (χ3v) is 7.70. The summed E-state index contributed by atoms with van der Waals surface area (Å²) in [5, 5.41) is 0. The summed E-state index contributed by atoms with van der Waals surface area (Å²) in [6.45, 7) is 4.80. The summed E-state index contributed by atoms with van der Waals surface area (Å²) < 4.78 is 0. The molecule has 2 rings (SSSR count). The lowest BCUT2D eigenvalue weighted by molar-refractivity contribution is 0.0990. The molecule has 0 aliphatic heterocycles. The monoisotopic (exact) mass is 362 g/mol. The van der Waals surface area contributed by atoms with E-state index in [0.29, 0.717) is 0 Å². The van der Waals surface area contributed by atoms with Gasteiger partial charge in [0.15, 0.2) is 0 Å². The zero-order chi connectivity index (χ0) is 18.5. The summed E-state index contributed by atoms with van der Waals surface area (Å²) in [5.41, 5.74) is 0. The lowest BCUT2D eigenvalue weighted by Crippen LogP contribution is -2.30. The molecule has 0 aromatic heterocycles. The average molecular weight is 363 g/mol. The molecule has 4 atom stereocenters. The molecular weight excluding hydrogens is 312 g/mol. The highest BCUT2D eigenvalue weighted by Gasteiger charge is 2.33. The van der Waals surface area contributed by atoms with E-state index in [1.54, 1.807) is 38.5 Å². The molecule has 0 nitrogen and oxygen atoms in total. The van der Waals surface area contributed by atoms with E-state index in [4.69, 9.17) is 0 Å². The van der Waals surface area contributed by atoms with Gasteiger partial charge in [-0.2, -0.15) is 0 Å². The Kier molecular flexibility index (Phi) is 12.1. The zero-order valence-electron chi connectivity index (χ0n) is 18.5. The van der Waals surface area contributed by atoms with Crippen LogP contribution in [0.4, 0.5) is 0 Å². The average Bonchev–Trinajstić information content (AvgIpc) is 2.65. The molecule has 0 radical (unpaired) electrons. The molecule has 0 aromatic rings. The van der Waals surface area contributed by atoms with Crippen molar-refractivity contribution in [3.63, 3.8) is 0 Å². The topological polar surface area (TPSA) is 0 Å². The van der Waals surface area contributed by atoms with E-state index in [1.165, 1.54) is 89.9 Å². The van der Waals surface area contributed by atoms with Crippen LogP contribution in [0.3, 0.4) is 0 Å². The highest BCUT2D eigenvalue weighted by Crippen LogP contribution is 2.45. The van der Waals surface area contributed by atoms with E-state index >= 15 is 0 Å². The van der Waals surface area contributed by atoms with Crippen molar-refractivity contribution in [2.75, 3.05) is 0 Å². The summed E-state index contributed by atoms with van der Waals surface area (Å²) in [7, 11) is 0. The van der Waals surface area contributed by atoms with Gasteiger partial charge >= 0.3 is 0 Å². The van der Waals surface area contributed by atoms with Crippen molar-refractivity contribution in [3.05, 3.63) is 0 Å². The molecule has 154 valence electrons. The van der Waals surface area contributed by atoms with E-state index < -0.39 is 0 Å². The molecule has 0 saturated heterocycles. The van der Waals surface area contributed by atoms with Gasteiger partial charge in [-0.15, -0.1) is 0 Å². The van der Waals surface area contributed by atoms with E-state index in [0.717, 1.165) is 23.7 Å². The highest BCUT2D eigenvalue weighted by atomic mass is 14.4. The second-order valence-corrected chi connectivity index (χ2v) is 10.1. The second-order valence-electron chi connectivity index (χ2n) is 10.1. The first-order valence-corrected chi connectivity index (χ1v) is 12.8. The molecule has 0 bridgehead atoms. The largest absolute Gasteiger partial charge is 0.0654 e. The van der Waals surface area contributed by atoms with Gasteiger partial charge in [0.1, 0.15) is 0 Å². The van der Waals surface area contributed by atoms with Gasteiger partial charge in [-0.1, -0.05) is 117 Å². The summed E-state index contributed by atoms with van der Waals surface area (Å²) in [6.07, 6.45) is 30.2. The molecular formula is C26H50. The van der Waals surface area contributed by atoms with E-state index in [9.17, 15) is 0 Å². The molecule has 0 spiro atoms. The lowest BCUT2D eigenvalue weighted by atomic mass is 9.64. The van der Waals surface area contributed by atoms with Gasteiger partial charge in [-0.3, -0.25) is 0 Å². The van der Waals surface area contributed by atoms with Gasteiger partial charge in [0.05, 0.1) is 0 Å². The van der Waals surface area contributed by atoms with Gasteiger partial charge in [0.25, 0.3) is 0 Å². The van der Waals surface area contributed by atoms with Crippen LogP contribution < -0.4 is 0 Å². The maximum atomic E-state index is 2.49. The zero-order valence-corrected chi connectivity index (χ0v) is 18.5. The van der Waals surface area contributed by atoms with Gasteiger partial charge < -0.3 is 0 Å². The van der Waals surface area contributed by atoms with Gasteiger partial charge in [-0.25, -0.2) is 0 Å². The molecule has 2 saturated carbocycles. The third kappa shape index (κ3) is 9.27. The summed E-state index contributed by atoms with van der Waals surface area (Å²) >= 11 is 0. The van der Waals surface area contributed by atoms with Crippen molar-refractivity contribution in [2.24, 2.45) is 23.7 Å². The summed E-state index contributed by atoms with van der Waals surface area (Å²) in [5.74, 6) is 4.34. The SMILES string of the molecule is CCCCCCCCCCCCCCCC1CCC2CCC(C)CC2C1. The van der Waals surface area contributed by atoms with Crippen molar-refractivity contribution in [2.45, 2.75) is 142 Å². The quantitative estimate of drug-likeness (QED) is 0.270. The van der Waals surface area contributed by atoms with Gasteiger partial charge in [-0.05, 0) is 49.4 Å². The van der Waals surface area contributed by atoms with Crippen LogP contribution in [0.5, 0.6) is 0 Å². The first kappa shape index (κ1) is 22.3. The molecule has 2 fully saturated rings. The Hall–Kier alpha value is 0. The Morgan fingerprint density at radius 3 is 1.69 bits per heavy atom. The van der Waals surface area contributed by atoms with E-state index in [-0.39, 0.29) is 0 Å². The summed E-state index contributed by atoms with van der Waals surface area (Å²) in [4.78, 5) is 0. The van der Waals surface area contributed by atoms with Gasteiger partial charge in [0.2, 0.25) is 0 Å². The number of hydrogen-bond acceptors (Lipinski definition) is 0. The highest BCUT2D eigenvalue weighted by molar-refractivity contribution is 4.85. The first-order chi connectivity index (χ1) is 12.8. The van der Waals surface area contributed by atoms with Crippen LogP contribution in [0.1, 0.15) is 142 Å². The molecule has 0 aromatic carbocycles. The van der Waals surface area contributed by atoms with E-state index in [1.807, 2.05) is 0 Å². The fourth-order valence-corrected chi connectivity index (χ4v) is 5.94. The van der Waals surface area contributed by atoms with Crippen LogP contribution >= 0.6 is 0 Å². The minimum Gasteiger partial charge on any atom is -0.0654 e. The molecule has 0 N–H and O–H groups in total. The molecule has 4 unspecified atom stereocenters. The number of hydrogen-bond donors (Lipinski definition) is 0. The molecule has 2 aliphatic rings. The van der Waals surface area contributed by atoms with Crippen LogP contribution in [0.15, 0.2) is 0 Å². The lowest BCUT2D eigenvalue weighted by Gasteiger charge is -2.41. The van der Waals surface area contributed by atoms with Crippen molar-refractivity contribution in [3.8, 4) is 0 Å². The Labute approximate surface area is 166 Å². The minimum absolute atomic E-state index is 1.02. The fourth-order valence-electron chi connectivity index (χ4n) is 5.94. The van der Waals surface area contributed by atoms with E-state index in [2.05, 4.69) is 13.8 Å². The third-order valence-electron chi connectivity index (χ3n) is 7.70. The maximum absolute atomic E-state index is 2.49. The van der Waals surface area contributed by atoms with Crippen molar-refractivity contribution in [1.82, 2.24) is 0 Å². The Morgan fingerprint density at radius 1 is 0.538 bits per heavy atom. The van der Waals surface area contributed by atoms with Crippen LogP contribution in [-0.2, 0) is 0 Å². The minimum atomic E-state index is 1.02. The Bertz CT molecular complexity index is 320. The number of fused-ring (bicyclic) bond motifs is 1. The summed E-state index contributed by atoms with van der Waals surface area (Å²) in [6, 6.07) is 0. The smallest absolute Gasteiger partial charge is 0.0381 e. The molecule has 0 heterocycles. The van der Waals surface area contributed by atoms with Crippen molar-refractivity contribution in [1.29, 1.82) is 0 Å². The first-order valence-electron chi connectivity index (χ1n) is 12.8. The molecule has 0 amide bonds. The number of unbranched alkanes of at least 4 members (excludes halogenated alkanes) is 12. The standard InChI is InChI=1S/C26H50/c1-3-4-5-6-7-8-9-10-11-12-13-14-15-16-24-18-20-25-19-17-23(2)21-26(25)22-24/h23-26H,3-22H2,1-2H3. The molecule has 26 heavy (non-hydrogen) atoms. The molecule has 2 aliphatic carbocycles. The van der Waals surface area contributed by atoms with Crippen LogP contribution in [0.2, 0.25) is 0 Å². The van der Waals surface area contributed by atoms with Crippen LogP contribution in [0, 0.1) is 23.7 Å². The van der Waals surface area contributed by atoms with Gasteiger partial charge in [0, 0.05) is 0 Å². The van der Waals surface area contributed by atoms with Crippen molar-refractivity contribution >= 4 is 0 Å². The second kappa shape index (κ2) is 14.1. The predicted octanol–water partition coefficient (Wildman–Crippen LogP) is 9.32. The normalized spacial score (nSPS) is 28.8. The molecule has 0 heteroatoms. The predicted molar refractivity (Wildman–Crippen MR) is 118 cm³/mol. The Balaban J connectivity index is 1.35. The number of rotatable bonds is 14. The van der Waals surface area contributed by atoms with Crippen LogP contribution in [-0.4, -0.2) is 0 Å². The van der Waals surface area contributed by atoms with Crippen molar-refractivity contribution < 1.29 is 0 Å². The maximum Gasteiger partial charge on any atom is -0.0381 e. The van der Waals surface area contributed by atoms with Crippen LogP contribution in [0.25, 0.3) is 0 Å². The Morgan fingerprint density at radius 2 is 1.08 bits per heavy atom. The fraction of sp³-hybridized carbons (Fsp3) is 1.00.